The molecule has 3 aromatic rings. The molecule has 0 unspecified atom stereocenters. The maximum absolute atomic E-state index is 12.5. The highest BCUT2D eigenvalue weighted by Gasteiger charge is 2.20. The van der Waals surface area contributed by atoms with Crippen LogP contribution in [0.2, 0.25) is 15.1 Å². The van der Waals surface area contributed by atoms with Gasteiger partial charge >= 0.3 is 0 Å². The van der Waals surface area contributed by atoms with E-state index in [1.807, 2.05) is 6.07 Å². The van der Waals surface area contributed by atoms with E-state index < -0.39 is 0 Å². The molecule has 0 aliphatic carbocycles. The van der Waals surface area contributed by atoms with Crippen molar-refractivity contribution in [3.8, 4) is 0 Å². The standard InChI is InChI=1S/C16H13BrCl3N5O/c1-8-13(17)14(24(2)22-8)16(26)21-15-12(20)7-25(23-15)6-9-3-4-10(18)11(19)5-9/h3-5,7H,6H2,1-2H3,(H,21,23,26). The first-order valence-corrected chi connectivity index (χ1v) is 9.36. The third kappa shape index (κ3) is 3.91. The number of nitrogens with zero attached hydrogens (tertiary/aromatic N) is 4. The topological polar surface area (TPSA) is 64.7 Å². The predicted molar refractivity (Wildman–Crippen MR) is 106 cm³/mol. The number of hydrogen-bond acceptors (Lipinski definition) is 3. The molecular weight excluding hydrogens is 464 g/mol. The fraction of sp³-hybridized carbons (Fsp3) is 0.188. The van der Waals surface area contributed by atoms with E-state index in [4.69, 9.17) is 34.8 Å². The zero-order valence-corrected chi connectivity index (χ0v) is 17.6. The first-order chi connectivity index (χ1) is 12.3. The number of benzene rings is 1. The Morgan fingerprint density at radius 1 is 1.19 bits per heavy atom. The summed E-state index contributed by atoms with van der Waals surface area (Å²) in [5, 5.41) is 12.5. The fourth-order valence-corrected chi connectivity index (χ4v) is 3.47. The Hall–Kier alpha value is -1.54. The molecule has 0 saturated heterocycles. The van der Waals surface area contributed by atoms with Crippen LogP contribution in [0.5, 0.6) is 0 Å². The van der Waals surface area contributed by atoms with Crippen molar-refractivity contribution in [2.75, 3.05) is 5.32 Å². The van der Waals surface area contributed by atoms with Gasteiger partial charge in [0, 0.05) is 13.2 Å². The van der Waals surface area contributed by atoms with Gasteiger partial charge in [-0.25, -0.2) is 0 Å². The van der Waals surface area contributed by atoms with Crippen molar-refractivity contribution in [1.29, 1.82) is 0 Å². The van der Waals surface area contributed by atoms with Gasteiger partial charge in [0.2, 0.25) is 0 Å². The van der Waals surface area contributed by atoms with Gasteiger partial charge in [-0.3, -0.25) is 14.2 Å². The largest absolute Gasteiger partial charge is 0.302 e. The third-order valence-corrected chi connectivity index (χ3v) is 5.61. The van der Waals surface area contributed by atoms with Crippen molar-refractivity contribution in [3.63, 3.8) is 0 Å². The number of rotatable bonds is 4. The van der Waals surface area contributed by atoms with Crippen LogP contribution in [-0.2, 0) is 13.6 Å². The summed E-state index contributed by atoms with van der Waals surface area (Å²) in [7, 11) is 1.69. The van der Waals surface area contributed by atoms with Gasteiger partial charge in [-0.2, -0.15) is 10.2 Å². The molecule has 136 valence electrons. The number of aryl methyl sites for hydroxylation is 2. The molecule has 1 amide bonds. The SMILES string of the molecule is Cc1nn(C)c(C(=O)Nc2nn(Cc3ccc(Cl)c(Cl)c3)cc2Cl)c1Br. The first-order valence-electron chi connectivity index (χ1n) is 7.43. The average Bonchev–Trinajstić information content (AvgIpc) is 3.02. The molecule has 0 aliphatic heterocycles. The van der Waals surface area contributed by atoms with Crippen LogP contribution in [0, 0.1) is 6.92 Å². The number of aromatic nitrogens is 4. The van der Waals surface area contributed by atoms with Crippen LogP contribution >= 0.6 is 50.7 Å². The molecule has 1 aromatic carbocycles. The van der Waals surface area contributed by atoms with Gasteiger partial charge in [-0.15, -0.1) is 0 Å². The number of anilines is 1. The Bertz CT molecular complexity index is 998. The molecule has 0 radical (unpaired) electrons. The second-order valence-electron chi connectivity index (χ2n) is 5.60. The highest BCUT2D eigenvalue weighted by Crippen LogP contribution is 2.26. The summed E-state index contributed by atoms with van der Waals surface area (Å²) in [6.45, 7) is 2.24. The van der Waals surface area contributed by atoms with Gasteiger partial charge in [0.25, 0.3) is 5.91 Å². The summed E-state index contributed by atoms with van der Waals surface area (Å²) in [5.41, 5.74) is 2.01. The lowest BCUT2D eigenvalue weighted by atomic mass is 10.2. The summed E-state index contributed by atoms with van der Waals surface area (Å²) >= 11 is 21.5. The number of carbonyl (C=O) groups excluding carboxylic acids is 1. The summed E-state index contributed by atoms with van der Waals surface area (Å²) < 4.78 is 3.74. The molecule has 0 saturated carbocycles. The van der Waals surface area contributed by atoms with E-state index in [0.717, 1.165) is 5.56 Å². The Morgan fingerprint density at radius 2 is 1.92 bits per heavy atom. The molecule has 2 aromatic heterocycles. The van der Waals surface area contributed by atoms with Crippen LogP contribution in [0.3, 0.4) is 0 Å². The molecule has 1 N–H and O–H groups in total. The Morgan fingerprint density at radius 3 is 2.54 bits per heavy atom. The molecule has 2 heterocycles. The Labute approximate surface area is 173 Å². The summed E-state index contributed by atoms with van der Waals surface area (Å²) in [6, 6.07) is 5.32. The van der Waals surface area contributed by atoms with Crippen LogP contribution in [0.1, 0.15) is 21.7 Å². The van der Waals surface area contributed by atoms with Crippen molar-refractivity contribution in [3.05, 3.63) is 60.9 Å². The zero-order valence-electron chi connectivity index (χ0n) is 13.7. The van der Waals surface area contributed by atoms with Gasteiger partial charge in [0.15, 0.2) is 5.82 Å². The summed E-state index contributed by atoms with van der Waals surface area (Å²) in [6.07, 6.45) is 1.63. The molecule has 0 aliphatic rings. The van der Waals surface area contributed by atoms with Gasteiger partial charge in [-0.1, -0.05) is 40.9 Å². The van der Waals surface area contributed by atoms with Crippen molar-refractivity contribution in [2.45, 2.75) is 13.5 Å². The van der Waals surface area contributed by atoms with Crippen molar-refractivity contribution >= 4 is 62.5 Å². The normalized spacial score (nSPS) is 11.0. The minimum atomic E-state index is -0.360. The smallest absolute Gasteiger partial charge is 0.276 e. The van der Waals surface area contributed by atoms with E-state index in [0.29, 0.717) is 37.5 Å². The van der Waals surface area contributed by atoms with Crippen molar-refractivity contribution in [1.82, 2.24) is 19.6 Å². The molecule has 3 rings (SSSR count). The number of amides is 1. The lowest BCUT2D eigenvalue weighted by Crippen LogP contribution is -2.17. The fourth-order valence-electron chi connectivity index (χ4n) is 2.43. The lowest BCUT2D eigenvalue weighted by molar-refractivity contribution is 0.101. The van der Waals surface area contributed by atoms with Crippen LogP contribution in [0.4, 0.5) is 5.82 Å². The zero-order chi connectivity index (χ0) is 19.0. The predicted octanol–water partition coefficient (Wildman–Crippen LogP) is 4.95. The third-order valence-electron chi connectivity index (χ3n) is 3.64. The van der Waals surface area contributed by atoms with E-state index in [1.165, 1.54) is 4.68 Å². The molecule has 6 nitrogen and oxygen atoms in total. The number of hydrogen-bond donors (Lipinski definition) is 1. The first kappa shape index (κ1) is 19.2. The Kier molecular flexibility index (Phi) is 5.62. The minimum absolute atomic E-state index is 0.266. The van der Waals surface area contributed by atoms with Crippen molar-refractivity contribution < 1.29 is 4.79 Å². The maximum atomic E-state index is 12.5. The van der Waals surface area contributed by atoms with Gasteiger partial charge in [0.05, 0.1) is 26.8 Å². The monoisotopic (exact) mass is 475 g/mol. The average molecular weight is 478 g/mol. The van der Waals surface area contributed by atoms with Gasteiger partial charge < -0.3 is 5.32 Å². The highest BCUT2D eigenvalue weighted by molar-refractivity contribution is 9.10. The van der Waals surface area contributed by atoms with E-state index in [2.05, 4.69) is 31.4 Å². The minimum Gasteiger partial charge on any atom is -0.302 e. The van der Waals surface area contributed by atoms with Gasteiger partial charge in [-0.05, 0) is 40.5 Å². The van der Waals surface area contributed by atoms with E-state index in [-0.39, 0.29) is 11.7 Å². The van der Waals surface area contributed by atoms with E-state index >= 15 is 0 Å². The second kappa shape index (κ2) is 7.60. The number of carbonyl (C=O) groups is 1. The van der Waals surface area contributed by atoms with Crippen molar-refractivity contribution in [2.24, 2.45) is 7.05 Å². The maximum Gasteiger partial charge on any atom is 0.276 e. The molecule has 0 fully saturated rings. The molecular formula is C16H13BrCl3N5O. The number of nitrogens with one attached hydrogen (secondary N) is 1. The highest BCUT2D eigenvalue weighted by atomic mass is 79.9. The van der Waals surface area contributed by atoms with Gasteiger partial charge in [0.1, 0.15) is 10.7 Å². The molecule has 0 atom stereocenters. The molecule has 0 bridgehead atoms. The van der Waals surface area contributed by atoms with Crippen LogP contribution < -0.4 is 5.32 Å². The van der Waals surface area contributed by atoms with Crippen LogP contribution in [0.15, 0.2) is 28.9 Å². The Balaban J connectivity index is 1.79. The van der Waals surface area contributed by atoms with E-state index in [9.17, 15) is 4.79 Å². The van der Waals surface area contributed by atoms with Crippen LogP contribution in [-0.4, -0.2) is 25.5 Å². The molecule has 10 heteroatoms. The van der Waals surface area contributed by atoms with Crippen LogP contribution in [0.25, 0.3) is 0 Å². The molecule has 26 heavy (non-hydrogen) atoms. The number of halogens is 4. The van der Waals surface area contributed by atoms with E-state index in [1.54, 1.807) is 37.0 Å². The quantitative estimate of drug-likeness (QED) is 0.578. The summed E-state index contributed by atoms with van der Waals surface area (Å²) in [4.78, 5) is 12.5. The summed E-state index contributed by atoms with van der Waals surface area (Å²) in [5.74, 6) is -0.0934. The second-order valence-corrected chi connectivity index (χ2v) is 7.61. The molecule has 0 spiro atoms. The lowest BCUT2D eigenvalue weighted by Gasteiger charge is -2.05.